The van der Waals surface area contributed by atoms with Crippen LogP contribution in [0.2, 0.25) is 0 Å². The smallest absolute Gasteiger partial charge is 0.227 e. The monoisotopic (exact) mass is 375 g/mol. The zero-order valence-corrected chi connectivity index (χ0v) is 16.1. The molecule has 5 rings (SSSR count). The zero-order valence-electron chi connectivity index (χ0n) is 16.1. The van der Waals surface area contributed by atoms with Crippen LogP contribution in [0.5, 0.6) is 11.5 Å². The third-order valence-electron chi connectivity index (χ3n) is 5.83. The second-order valence-corrected chi connectivity index (χ2v) is 8.15. The first-order valence-corrected chi connectivity index (χ1v) is 10.2. The van der Waals surface area contributed by atoms with Crippen molar-refractivity contribution in [2.75, 3.05) is 18.4 Å². The van der Waals surface area contributed by atoms with E-state index in [-0.39, 0.29) is 11.8 Å². The molecule has 2 aromatic carbocycles. The van der Waals surface area contributed by atoms with Crippen molar-refractivity contribution in [2.24, 2.45) is 16.8 Å². The third-order valence-corrected chi connectivity index (χ3v) is 5.83. The van der Waals surface area contributed by atoms with Crippen LogP contribution in [-0.2, 0) is 4.79 Å². The van der Waals surface area contributed by atoms with E-state index in [1.54, 1.807) is 0 Å². The fourth-order valence-electron chi connectivity index (χ4n) is 3.85. The predicted molar refractivity (Wildman–Crippen MR) is 110 cm³/mol. The van der Waals surface area contributed by atoms with Gasteiger partial charge in [-0.3, -0.25) is 4.79 Å². The van der Waals surface area contributed by atoms with Crippen LogP contribution >= 0.6 is 0 Å². The molecule has 0 atom stereocenters. The van der Waals surface area contributed by atoms with Gasteiger partial charge in [0.05, 0.1) is 5.56 Å². The summed E-state index contributed by atoms with van der Waals surface area (Å²) in [6, 6.07) is 13.8. The minimum atomic E-state index is 0.114. The molecule has 1 aliphatic carbocycles. The molecule has 1 saturated carbocycles. The number of likely N-dealkylation sites (tertiary alicyclic amines) is 1. The summed E-state index contributed by atoms with van der Waals surface area (Å²) in [6.45, 7) is 4.28. The Kier molecular flexibility index (Phi) is 4.30. The van der Waals surface area contributed by atoms with Gasteiger partial charge < -0.3 is 15.0 Å². The van der Waals surface area contributed by atoms with Gasteiger partial charge in [-0.1, -0.05) is 19.1 Å². The van der Waals surface area contributed by atoms with Crippen LogP contribution in [0.15, 0.2) is 47.5 Å². The fraction of sp³-hybridized carbons (Fsp3) is 0.391. The highest BCUT2D eigenvalue weighted by molar-refractivity contribution is 6.05. The normalized spacial score (nSPS) is 19.0. The molecule has 0 unspecified atom stereocenters. The standard InChI is InChI=1S/C23H25N3O2/c1-15-10-12-26(13-11-15)22-18-14-17(24-23(27)16-6-7-16)8-9-20(18)28-21-5-3-2-4-19(21)25-22/h2-5,8-9,14-16H,6-7,10-13H2,1H3,(H,24,27). The number of carbonyl (C=O) groups is 1. The lowest BCUT2D eigenvalue weighted by molar-refractivity contribution is -0.117. The first kappa shape index (κ1) is 17.3. The molecule has 2 aliphatic heterocycles. The minimum Gasteiger partial charge on any atom is -0.454 e. The van der Waals surface area contributed by atoms with Gasteiger partial charge >= 0.3 is 0 Å². The Bertz CT molecular complexity index is 941. The van der Waals surface area contributed by atoms with Gasteiger partial charge in [-0.15, -0.1) is 0 Å². The first-order valence-electron chi connectivity index (χ1n) is 10.2. The number of piperidine rings is 1. The molecule has 0 spiro atoms. The predicted octanol–water partition coefficient (Wildman–Crippen LogP) is 4.95. The Morgan fingerprint density at radius 1 is 1.07 bits per heavy atom. The number of hydrogen-bond donors (Lipinski definition) is 1. The summed E-state index contributed by atoms with van der Waals surface area (Å²) in [4.78, 5) is 19.6. The molecule has 2 heterocycles. The van der Waals surface area contributed by atoms with Gasteiger partial charge in [0.2, 0.25) is 5.91 Å². The van der Waals surface area contributed by atoms with Crippen molar-refractivity contribution in [1.82, 2.24) is 4.90 Å². The van der Waals surface area contributed by atoms with Gasteiger partial charge in [-0.05, 0) is 61.9 Å². The van der Waals surface area contributed by atoms with Gasteiger partial charge in [0, 0.05) is 24.7 Å². The number of hydrogen-bond acceptors (Lipinski definition) is 4. The number of para-hydroxylation sites is 2. The number of aliphatic imine (C=N–C) groups is 1. The fourth-order valence-corrected chi connectivity index (χ4v) is 3.85. The molecule has 28 heavy (non-hydrogen) atoms. The van der Waals surface area contributed by atoms with Gasteiger partial charge in [-0.2, -0.15) is 0 Å². The van der Waals surface area contributed by atoms with E-state index in [1.807, 2.05) is 42.5 Å². The van der Waals surface area contributed by atoms with E-state index in [0.717, 1.165) is 79.0 Å². The highest BCUT2D eigenvalue weighted by Gasteiger charge is 2.30. The minimum absolute atomic E-state index is 0.114. The lowest BCUT2D eigenvalue weighted by Crippen LogP contribution is -2.38. The first-order chi connectivity index (χ1) is 13.7. The second-order valence-electron chi connectivity index (χ2n) is 8.15. The van der Waals surface area contributed by atoms with Gasteiger partial charge in [0.1, 0.15) is 17.3 Å². The van der Waals surface area contributed by atoms with E-state index in [4.69, 9.17) is 9.73 Å². The molecule has 5 nitrogen and oxygen atoms in total. The van der Waals surface area contributed by atoms with Gasteiger partial charge in [0.15, 0.2) is 5.75 Å². The van der Waals surface area contributed by atoms with Crippen molar-refractivity contribution in [1.29, 1.82) is 0 Å². The van der Waals surface area contributed by atoms with Crippen molar-refractivity contribution in [3.8, 4) is 11.5 Å². The maximum atomic E-state index is 12.2. The molecule has 0 radical (unpaired) electrons. The number of nitrogens with zero attached hydrogens (tertiary/aromatic N) is 2. The third kappa shape index (κ3) is 3.37. The number of ether oxygens (including phenoxy) is 1. The average Bonchev–Trinajstić information content (AvgIpc) is 3.55. The summed E-state index contributed by atoms with van der Waals surface area (Å²) in [5.41, 5.74) is 2.60. The summed E-state index contributed by atoms with van der Waals surface area (Å²) < 4.78 is 6.21. The van der Waals surface area contributed by atoms with Crippen molar-refractivity contribution < 1.29 is 9.53 Å². The van der Waals surface area contributed by atoms with Crippen molar-refractivity contribution in [2.45, 2.75) is 32.6 Å². The molecule has 5 heteroatoms. The van der Waals surface area contributed by atoms with Crippen LogP contribution in [-0.4, -0.2) is 29.7 Å². The van der Waals surface area contributed by atoms with E-state index < -0.39 is 0 Å². The van der Waals surface area contributed by atoms with Crippen molar-refractivity contribution in [3.63, 3.8) is 0 Å². The molecule has 144 valence electrons. The Balaban J connectivity index is 1.55. The Labute approximate surface area is 165 Å². The van der Waals surface area contributed by atoms with E-state index in [9.17, 15) is 4.79 Å². The maximum absolute atomic E-state index is 12.2. The summed E-state index contributed by atoms with van der Waals surface area (Å²) in [5.74, 6) is 3.52. The van der Waals surface area contributed by atoms with Crippen LogP contribution in [0.1, 0.15) is 38.2 Å². The Morgan fingerprint density at radius 2 is 1.86 bits per heavy atom. The highest BCUT2D eigenvalue weighted by Crippen LogP contribution is 2.39. The number of anilines is 1. The number of benzene rings is 2. The Morgan fingerprint density at radius 3 is 2.64 bits per heavy atom. The molecular formula is C23H25N3O2. The Hall–Kier alpha value is -2.82. The molecule has 1 amide bonds. The van der Waals surface area contributed by atoms with Crippen LogP contribution in [0.3, 0.4) is 0 Å². The number of fused-ring (bicyclic) bond motifs is 2. The van der Waals surface area contributed by atoms with E-state index in [1.165, 1.54) is 0 Å². The van der Waals surface area contributed by atoms with E-state index in [2.05, 4.69) is 17.1 Å². The van der Waals surface area contributed by atoms with Crippen LogP contribution in [0.4, 0.5) is 11.4 Å². The molecule has 1 N–H and O–H groups in total. The SMILES string of the molecule is CC1CCN(C2=Nc3ccccc3Oc3ccc(NC(=O)C4CC4)cc32)CC1. The summed E-state index contributed by atoms with van der Waals surface area (Å²) >= 11 is 0. The summed E-state index contributed by atoms with van der Waals surface area (Å²) in [7, 11) is 0. The van der Waals surface area contributed by atoms with Crippen molar-refractivity contribution in [3.05, 3.63) is 48.0 Å². The number of carbonyl (C=O) groups excluding carboxylic acids is 1. The second kappa shape index (κ2) is 6.97. The largest absolute Gasteiger partial charge is 0.454 e. The quantitative estimate of drug-likeness (QED) is 0.808. The molecule has 2 aromatic rings. The van der Waals surface area contributed by atoms with Crippen LogP contribution in [0, 0.1) is 11.8 Å². The molecular weight excluding hydrogens is 350 g/mol. The number of rotatable bonds is 2. The van der Waals surface area contributed by atoms with Crippen LogP contribution in [0.25, 0.3) is 0 Å². The van der Waals surface area contributed by atoms with Gasteiger partial charge in [-0.25, -0.2) is 4.99 Å². The maximum Gasteiger partial charge on any atom is 0.227 e. The number of amidine groups is 1. The van der Waals surface area contributed by atoms with Gasteiger partial charge in [0.25, 0.3) is 0 Å². The van der Waals surface area contributed by atoms with E-state index in [0.29, 0.717) is 0 Å². The lowest BCUT2D eigenvalue weighted by atomic mass is 9.98. The topological polar surface area (TPSA) is 53.9 Å². The van der Waals surface area contributed by atoms with Crippen molar-refractivity contribution >= 4 is 23.1 Å². The number of nitrogens with one attached hydrogen (secondary N) is 1. The zero-order chi connectivity index (χ0) is 19.1. The number of amides is 1. The average molecular weight is 375 g/mol. The summed E-state index contributed by atoms with van der Waals surface area (Å²) in [5, 5.41) is 3.06. The lowest BCUT2D eigenvalue weighted by Gasteiger charge is -2.33. The molecule has 0 bridgehead atoms. The molecule has 2 fully saturated rings. The molecule has 3 aliphatic rings. The van der Waals surface area contributed by atoms with E-state index >= 15 is 0 Å². The molecule has 1 saturated heterocycles. The van der Waals surface area contributed by atoms with Crippen LogP contribution < -0.4 is 10.1 Å². The summed E-state index contributed by atoms with van der Waals surface area (Å²) in [6.07, 6.45) is 4.31. The highest BCUT2D eigenvalue weighted by atomic mass is 16.5. The molecule has 0 aromatic heterocycles.